The van der Waals surface area contributed by atoms with Crippen LogP contribution in [-0.2, 0) is 9.59 Å². The molecular formula is C13H8Cl3NO2. The van der Waals surface area contributed by atoms with Gasteiger partial charge in [0.1, 0.15) is 20.8 Å². The van der Waals surface area contributed by atoms with Crippen LogP contribution >= 0.6 is 34.8 Å². The molecule has 1 aromatic carbocycles. The van der Waals surface area contributed by atoms with Gasteiger partial charge >= 0.3 is 0 Å². The molecule has 1 aromatic rings. The summed E-state index contributed by atoms with van der Waals surface area (Å²) in [5.74, 6) is -1.21. The Labute approximate surface area is 125 Å². The van der Waals surface area contributed by atoms with Crippen LogP contribution in [-0.4, -0.2) is 18.6 Å². The second-order valence-electron chi connectivity index (χ2n) is 3.84. The van der Waals surface area contributed by atoms with E-state index in [9.17, 15) is 9.59 Å². The van der Waals surface area contributed by atoms with Crippen LogP contribution in [0.5, 0.6) is 0 Å². The first-order valence-corrected chi connectivity index (χ1v) is 6.41. The van der Waals surface area contributed by atoms with Crippen molar-refractivity contribution in [3.05, 3.63) is 51.1 Å². The smallest absolute Gasteiger partial charge is 0.224 e. The van der Waals surface area contributed by atoms with Gasteiger partial charge in [0.15, 0.2) is 0 Å². The molecule has 0 saturated heterocycles. The van der Waals surface area contributed by atoms with E-state index < -0.39 is 11.6 Å². The van der Waals surface area contributed by atoms with Crippen LogP contribution in [0.2, 0.25) is 0 Å². The molecule has 19 heavy (non-hydrogen) atoms. The lowest BCUT2D eigenvalue weighted by molar-refractivity contribution is -0.115. The average molecular weight is 317 g/mol. The summed E-state index contributed by atoms with van der Waals surface area (Å²) in [6, 6.07) is 9.01. The summed E-state index contributed by atoms with van der Waals surface area (Å²) in [6.07, 6.45) is 0. The highest BCUT2D eigenvalue weighted by Gasteiger charge is 2.34. The second kappa shape index (κ2) is 5.37. The summed E-state index contributed by atoms with van der Waals surface area (Å²) in [4.78, 5) is 25.4. The van der Waals surface area contributed by atoms with Crippen molar-refractivity contribution < 1.29 is 9.59 Å². The van der Waals surface area contributed by atoms with Gasteiger partial charge in [-0.2, -0.15) is 0 Å². The zero-order chi connectivity index (χ0) is 14.2. The number of hydrogen-bond acceptors (Lipinski definition) is 3. The quantitative estimate of drug-likeness (QED) is 0.785. The normalized spacial score (nSPS) is 16.2. The number of carbonyl (C=O) groups is 2. The highest BCUT2D eigenvalue weighted by Crippen LogP contribution is 2.34. The van der Waals surface area contributed by atoms with E-state index in [1.165, 1.54) is 4.90 Å². The minimum Gasteiger partial charge on any atom is -0.340 e. The summed E-state index contributed by atoms with van der Waals surface area (Å²) in [5.41, 5.74) is 0.728. The topological polar surface area (TPSA) is 37.4 Å². The van der Waals surface area contributed by atoms with E-state index in [0.29, 0.717) is 5.69 Å². The molecule has 0 heterocycles. The number of rotatable bonds is 2. The van der Waals surface area contributed by atoms with Gasteiger partial charge in [0.25, 0.3) is 0 Å². The standard InChI is InChI=1S/C13H8Cl3NO2/c1-17(7-5-3-2-4-6-7)11-10(16)12(18)8(14)9(15)13(11)19/h2-6H,1H3. The molecule has 1 aliphatic carbocycles. The number of halogens is 3. The number of benzene rings is 1. The Bertz CT molecular complexity index is 620. The van der Waals surface area contributed by atoms with Crippen molar-refractivity contribution in [1.29, 1.82) is 0 Å². The van der Waals surface area contributed by atoms with Gasteiger partial charge in [0.05, 0.1) is 0 Å². The summed E-state index contributed by atoms with van der Waals surface area (Å²) in [5, 5.41) is -0.888. The van der Waals surface area contributed by atoms with Crippen molar-refractivity contribution in [2.45, 2.75) is 0 Å². The lowest BCUT2D eigenvalue weighted by atomic mass is 10.1. The van der Waals surface area contributed by atoms with Crippen LogP contribution in [0.4, 0.5) is 5.69 Å². The van der Waals surface area contributed by atoms with Gasteiger partial charge in [-0.1, -0.05) is 53.0 Å². The van der Waals surface area contributed by atoms with E-state index >= 15 is 0 Å². The highest BCUT2D eigenvalue weighted by atomic mass is 35.5. The third kappa shape index (κ3) is 2.41. The van der Waals surface area contributed by atoms with Crippen LogP contribution in [0.1, 0.15) is 0 Å². The van der Waals surface area contributed by atoms with E-state index in [-0.39, 0.29) is 20.8 Å². The molecule has 0 unspecified atom stereocenters. The molecule has 98 valence electrons. The van der Waals surface area contributed by atoms with E-state index in [0.717, 1.165) is 0 Å². The zero-order valence-electron chi connectivity index (χ0n) is 9.78. The van der Waals surface area contributed by atoms with Crippen LogP contribution in [0.3, 0.4) is 0 Å². The number of para-hydroxylation sites is 1. The molecule has 0 aliphatic heterocycles. The minimum atomic E-state index is -0.647. The molecule has 1 aliphatic rings. The molecule has 0 bridgehead atoms. The molecule has 2 rings (SSSR count). The number of carbonyl (C=O) groups excluding carboxylic acids is 2. The molecule has 0 amide bonds. The maximum Gasteiger partial charge on any atom is 0.224 e. The van der Waals surface area contributed by atoms with Gasteiger partial charge in [-0.05, 0) is 12.1 Å². The Hall–Kier alpha value is -1.29. The molecule has 0 N–H and O–H groups in total. The maximum atomic E-state index is 12.1. The fourth-order valence-electron chi connectivity index (χ4n) is 1.69. The van der Waals surface area contributed by atoms with Crippen molar-refractivity contribution in [3.63, 3.8) is 0 Å². The number of anilines is 1. The molecule has 0 atom stereocenters. The van der Waals surface area contributed by atoms with Crippen molar-refractivity contribution >= 4 is 52.1 Å². The monoisotopic (exact) mass is 315 g/mol. The molecule has 3 nitrogen and oxygen atoms in total. The van der Waals surface area contributed by atoms with E-state index in [2.05, 4.69) is 0 Å². The van der Waals surface area contributed by atoms with E-state index in [1.807, 2.05) is 6.07 Å². The Morgan fingerprint density at radius 2 is 1.37 bits per heavy atom. The van der Waals surface area contributed by atoms with Gasteiger partial charge in [0.2, 0.25) is 11.6 Å². The van der Waals surface area contributed by atoms with Crippen LogP contribution in [0.15, 0.2) is 51.1 Å². The Balaban J connectivity index is 2.50. The van der Waals surface area contributed by atoms with Crippen molar-refractivity contribution in [3.8, 4) is 0 Å². The largest absolute Gasteiger partial charge is 0.340 e. The van der Waals surface area contributed by atoms with Gasteiger partial charge in [-0.15, -0.1) is 0 Å². The van der Waals surface area contributed by atoms with Gasteiger partial charge in [-0.3, -0.25) is 9.59 Å². The molecular weight excluding hydrogens is 309 g/mol. The van der Waals surface area contributed by atoms with Gasteiger partial charge in [0, 0.05) is 12.7 Å². The van der Waals surface area contributed by atoms with Crippen LogP contribution in [0.25, 0.3) is 0 Å². The fraction of sp³-hybridized carbons (Fsp3) is 0.0769. The second-order valence-corrected chi connectivity index (χ2v) is 4.98. The number of likely N-dealkylation sites (N-methyl/N-ethyl adjacent to an activating group) is 1. The highest BCUT2D eigenvalue weighted by molar-refractivity contribution is 6.64. The molecule has 0 aromatic heterocycles. The molecule has 0 spiro atoms. The number of nitrogens with zero attached hydrogens (tertiary/aromatic N) is 1. The van der Waals surface area contributed by atoms with Crippen molar-refractivity contribution in [1.82, 2.24) is 0 Å². The Morgan fingerprint density at radius 3 is 1.95 bits per heavy atom. The van der Waals surface area contributed by atoms with Crippen molar-refractivity contribution in [2.24, 2.45) is 0 Å². The lowest BCUT2D eigenvalue weighted by Crippen LogP contribution is -2.29. The Morgan fingerprint density at radius 1 is 0.842 bits per heavy atom. The zero-order valence-corrected chi connectivity index (χ0v) is 12.1. The summed E-state index contributed by atoms with van der Waals surface area (Å²) in [7, 11) is 1.63. The third-order valence-electron chi connectivity index (χ3n) is 2.69. The van der Waals surface area contributed by atoms with Gasteiger partial charge < -0.3 is 4.90 Å². The van der Waals surface area contributed by atoms with E-state index in [4.69, 9.17) is 34.8 Å². The summed E-state index contributed by atoms with van der Waals surface area (Å²) in [6.45, 7) is 0. The van der Waals surface area contributed by atoms with Crippen LogP contribution < -0.4 is 4.90 Å². The predicted octanol–water partition coefficient (Wildman–Crippen LogP) is 3.41. The average Bonchev–Trinajstić information content (AvgIpc) is 2.44. The first-order chi connectivity index (χ1) is 8.95. The summed E-state index contributed by atoms with van der Waals surface area (Å²) < 4.78 is 0. The number of hydrogen-bond donors (Lipinski definition) is 0. The van der Waals surface area contributed by atoms with Crippen LogP contribution in [0, 0.1) is 0 Å². The molecule has 0 radical (unpaired) electrons. The minimum absolute atomic E-state index is 0.0206. The van der Waals surface area contributed by atoms with Gasteiger partial charge in [-0.25, -0.2) is 0 Å². The lowest BCUT2D eigenvalue weighted by Gasteiger charge is -2.25. The van der Waals surface area contributed by atoms with E-state index in [1.54, 1.807) is 31.3 Å². The fourth-order valence-corrected chi connectivity index (χ4v) is 2.40. The third-order valence-corrected chi connectivity index (χ3v) is 3.86. The first kappa shape index (κ1) is 14.1. The predicted molar refractivity (Wildman–Crippen MR) is 76.5 cm³/mol. The molecule has 0 fully saturated rings. The molecule has 6 heteroatoms. The maximum absolute atomic E-state index is 12.1. The Kier molecular flexibility index (Phi) is 3.99. The molecule has 0 saturated carbocycles. The number of Topliss-reactive ketones (excluding diaryl/α,β-unsaturated/α-hetero) is 2. The number of allylic oxidation sites excluding steroid dienone is 3. The SMILES string of the molecule is CN(C1=C(Cl)C(=O)C(Cl)=C(Cl)C1=O)c1ccccc1. The summed E-state index contributed by atoms with van der Waals surface area (Å²) >= 11 is 17.3. The van der Waals surface area contributed by atoms with Crippen molar-refractivity contribution in [2.75, 3.05) is 11.9 Å². The number of ketones is 2. The first-order valence-electron chi connectivity index (χ1n) is 5.28.